The van der Waals surface area contributed by atoms with E-state index in [0.29, 0.717) is 18.5 Å². The number of nitrogens with zero attached hydrogens (tertiary/aromatic N) is 3. The summed E-state index contributed by atoms with van der Waals surface area (Å²) >= 11 is 0. The molecule has 0 radical (unpaired) electrons. The molecular weight excluding hydrogens is 539 g/mol. The zero-order valence-corrected chi connectivity index (χ0v) is 19.4. The van der Waals surface area contributed by atoms with Crippen molar-refractivity contribution in [3.05, 3.63) is 52.8 Å². The fraction of sp³-hybridized carbons (Fsp3) is 0.474. The monoisotopic (exact) mass is 563 g/mol. The maximum atomic E-state index is 13.0. The Hall–Kier alpha value is -1.99. The van der Waals surface area contributed by atoms with Crippen molar-refractivity contribution in [1.82, 2.24) is 20.4 Å². The average Bonchev–Trinajstić information content (AvgIpc) is 3.05. The first-order chi connectivity index (χ1) is 13.9. The molecule has 0 bridgehead atoms. The molecule has 12 heteroatoms. The molecule has 5 nitrogen and oxygen atoms in total. The van der Waals surface area contributed by atoms with Crippen molar-refractivity contribution in [1.29, 1.82) is 0 Å². The summed E-state index contributed by atoms with van der Waals surface area (Å²) in [6, 6.07) is 5.15. The van der Waals surface area contributed by atoms with Gasteiger partial charge >= 0.3 is 12.4 Å². The molecular formula is C19H24F6IN5. The van der Waals surface area contributed by atoms with Crippen molar-refractivity contribution < 1.29 is 26.3 Å². The molecule has 0 amide bonds. The van der Waals surface area contributed by atoms with Gasteiger partial charge in [0.2, 0.25) is 0 Å². The molecule has 2 N–H and O–H groups in total. The van der Waals surface area contributed by atoms with Crippen molar-refractivity contribution in [3.63, 3.8) is 0 Å². The Labute approximate surface area is 193 Å². The van der Waals surface area contributed by atoms with E-state index in [0.717, 1.165) is 16.8 Å². The highest BCUT2D eigenvalue weighted by molar-refractivity contribution is 14.0. The van der Waals surface area contributed by atoms with Gasteiger partial charge in [-0.2, -0.15) is 31.4 Å². The van der Waals surface area contributed by atoms with E-state index in [2.05, 4.69) is 20.7 Å². The van der Waals surface area contributed by atoms with E-state index >= 15 is 0 Å². The van der Waals surface area contributed by atoms with Gasteiger partial charge in [-0.1, -0.05) is 25.1 Å². The van der Waals surface area contributed by atoms with Crippen LogP contribution >= 0.6 is 24.0 Å². The van der Waals surface area contributed by atoms with Crippen LogP contribution in [0.2, 0.25) is 0 Å². The molecule has 0 aliphatic heterocycles. The third-order valence-corrected chi connectivity index (χ3v) is 4.50. The first-order valence-electron chi connectivity index (χ1n) is 9.13. The largest absolute Gasteiger partial charge is 0.435 e. The summed E-state index contributed by atoms with van der Waals surface area (Å²) in [5.74, 6) is 0.122. The number of benzene rings is 1. The first kappa shape index (κ1) is 27.0. The van der Waals surface area contributed by atoms with E-state index in [4.69, 9.17) is 0 Å². The van der Waals surface area contributed by atoms with Crippen LogP contribution in [0.25, 0.3) is 0 Å². The maximum Gasteiger partial charge on any atom is 0.435 e. The number of hydrogen-bond donors (Lipinski definition) is 2. The highest BCUT2D eigenvalue weighted by Gasteiger charge is 2.36. The Morgan fingerprint density at radius 3 is 2.39 bits per heavy atom. The van der Waals surface area contributed by atoms with Gasteiger partial charge < -0.3 is 10.6 Å². The van der Waals surface area contributed by atoms with Crippen LogP contribution in [-0.2, 0) is 25.9 Å². The van der Waals surface area contributed by atoms with E-state index in [-0.39, 0.29) is 48.0 Å². The molecule has 1 aromatic heterocycles. The van der Waals surface area contributed by atoms with Gasteiger partial charge in [-0.05, 0) is 24.0 Å². The minimum Gasteiger partial charge on any atom is -0.356 e. The number of rotatable bonds is 6. The molecule has 0 aliphatic carbocycles. The van der Waals surface area contributed by atoms with Crippen LogP contribution in [0.5, 0.6) is 0 Å². The second-order valence-electron chi connectivity index (χ2n) is 6.84. The van der Waals surface area contributed by atoms with Crippen LogP contribution in [0.15, 0.2) is 35.5 Å². The number of guanidine groups is 1. The van der Waals surface area contributed by atoms with Crippen molar-refractivity contribution in [2.24, 2.45) is 12.0 Å². The van der Waals surface area contributed by atoms with E-state index < -0.39 is 23.6 Å². The lowest BCUT2D eigenvalue weighted by Gasteiger charge is -2.16. The molecule has 0 fully saturated rings. The quantitative estimate of drug-likeness (QED) is 0.227. The topological polar surface area (TPSA) is 54.2 Å². The van der Waals surface area contributed by atoms with Crippen molar-refractivity contribution in [2.45, 2.75) is 38.2 Å². The Morgan fingerprint density at radius 2 is 1.81 bits per heavy atom. The number of alkyl halides is 6. The van der Waals surface area contributed by atoms with E-state index in [9.17, 15) is 26.3 Å². The maximum absolute atomic E-state index is 13.0. The molecule has 2 aromatic rings. The smallest absolute Gasteiger partial charge is 0.356 e. The normalized spacial score (nSPS) is 13.5. The summed E-state index contributed by atoms with van der Waals surface area (Å²) in [5, 5.41) is 9.19. The van der Waals surface area contributed by atoms with Crippen molar-refractivity contribution >= 4 is 29.9 Å². The van der Waals surface area contributed by atoms with Gasteiger partial charge in [0.05, 0.1) is 5.56 Å². The molecule has 0 aliphatic rings. The van der Waals surface area contributed by atoms with Gasteiger partial charge in [-0.15, -0.1) is 24.0 Å². The van der Waals surface area contributed by atoms with Gasteiger partial charge in [0.15, 0.2) is 11.7 Å². The predicted molar refractivity (Wildman–Crippen MR) is 116 cm³/mol. The number of nitrogens with one attached hydrogen (secondary N) is 2. The average molecular weight is 563 g/mol. The number of aryl methyl sites for hydroxylation is 1. The fourth-order valence-electron chi connectivity index (χ4n) is 2.90. The molecule has 174 valence electrons. The minimum atomic E-state index is -4.56. The molecule has 1 heterocycles. The SMILES string of the molecule is CN=C(NCCC(C)c1cccc(C(F)(F)F)c1)NCc1cn(C)nc1C(F)(F)F.I. The van der Waals surface area contributed by atoms with E-state index in [1.807, 2.05) is 0 Å². The van der Waals surface area contributed by atoms with Crippen LogP contribution in [0.1, 0.15) is 41.6 Å². The molecule has 2 rings (SSSR count). The van der Waals surface area contributed by atoms with Crippen LogP contribution in [0.4, 0.5) is 26.3 Å². The van der Waals surface area contributed by atoms with Gasteiger partial charge in [0.25, 0.3) is 0 Å². The Bertz CT molecular complexity index is 875. The Kier molecular flexibility index (Phi) is 9.64. The lowest BCUT2D eigenvalue weighted by Crippen LogP contribution is -2.37. The lowest BCUT2D eigenvalue weighted by molar-refractivity contribution is -0.142. The molecule has 1 atom stereocenters. The highest BCUT2D eigenvalue weighted by Crippen LogP contribution is 2.32. The summed E-state index contributed by atoms with van der Waals surface area (Å²) in [6.07, 6.45) is -7.18. The third kappa shape index (κ3) is 7.89. The van der Waals surface area contributed by atoms with Crippen LogP contribution in [0.3, 0.4) is 0 Å². The highest BCUT2D eigenvalue weighted by atomic mass is 127. The van der Waals surface area contributed by atoms with Crippen LogP contribution in [-0.4, -0.2) is 29.3 Å². The molecule has 0 spiro atoms. The second kappa shape index (κ2) is 11.0. The van der Waals surface area contributed by atoms with Gasteiger partial charge in [-0.3, -0.25) is 9.67 Å². The summed E-state index contributed by atoms with van der Waals surface area (Å²) in [7, 11) is 2.88. The summed E-state index contributed by atoms with van der Waals surface area (Å²) in [4.78, 5) is 3.95. The molecule has 31 heavy (non-hydrogen) atoms. The van der Waals surface area contributed by atoms with Crippen molar-refractivity contribution in [2.75, 3.05) is 13.6 Å². The standard InChI is InChI=1S/C19H23F6N5.HI/c1-12(13-5-4-6-15(9-13)18(20,21)22)7-8-27-17(26-2)28-10-14-11-30(3)29-16(14)19(23,24)25;/h4-6,9,11-12H,7-8,10H2,1-3H3,(H2,26,27,28);1H. The van der Waals surface area contributed by atoms with E-state index in [1.165, 1.54) is 26.4 Å². The fourth-order valence-corrected chi connectivity index (χ4v) is 2.90. The third-order valence-electron chi connectivity index (χ3n) is 4.50. The lowest BCUT2D eigenvalue weighted by atomic mass is 9.96. The number of hydrogen-bond acceptors (Lipinski definition) is 2. The zero-order chi connectivity index (χ0) is 22.5. The van der Waals surface area contributed by atoms with Crippen molar-refractivity contribution in [3.8, 4) is 0 Å². The Morgan fingerprint density at radius 1 is 1.13 bits per heavy atom. The summed E-state index contributed by atoms with van der Waals surface area (Å²) < 4.78 is 78.7. The summed E-state index contributed by atoms with van der Waals surface area (Å²) in [6.45, 7) is 2.04. The number of halogens is 7. The Balaban J connectivity index is 0.00000480. The summed E-state index contributed by atoms with van der Waals surface area (Å²) in [5.41, 5.74) is -1.13. The first-order valence-corrected chi connectivity index (χ1v) is 9.13. The van der Waals surface area contributed by atoms with Gasteiger partial charge in [0, 0.05) is 38.9 Å². The molecule has 0 saturated carbocycles. The van der Waals surface area contributed by atoms with E-state index in [1.54, 1.807) is 13.0 Å². The number of aliphatic imine (C=N–C) groups is 1. The number of aromatic nitrogens is 2. The second-order valence-corrected chi connectivity index (χ2v) is 6.84. The predicted octanol–water partition coefficient (Wildman–Crippen LogP) is 4.93. The minimum absolute atomic E-state index is 0. The molecule has 1 aromatic carbocycles. The van der Waals surface area contributed by atoms with Crippen LogP contribution in [0, 0.1) is 0 Å². The molecule has 0 saturated heterocycles. The van der Waals surface area contributed by atoms with Gasteiger partial charge in [-0.25, -0.2) is 0 Å². The van der Waals surface area contributed by atoms with Gasteiger partial charge in [0.1, 0.15) is 0 Å². The molecule has 1 unspecified atom stereocenters. The van der Waals surface area contributed by atoms with Crippen LogP contribution < -0.4 is 10.6 Å². The zero-order valence-electron chi connectivity index (χ0n) is 17.1.